The van der Waals surface area contributed by atoms with Gasteiger partial charge in [0.1, 0.15) is 6.10 Å². The zero-order valence-electron chi connectivity index (χ0n) is 17.3. The van der Waals surface area contributed by atoms with Gasteiger partial charge in [0, 0.05) is 50.2 Å². The predicted molar refractivity (Wildman–Crippen MR) is 114 cm³/mol. The number of ether oxygens (including phenoxy) is 1. The summed E-state index contributed by atoms with van der Waals surface area (Å²) in [5.74, 6) is 1.22. The Labute approximate surface area is 173 Å². The molecule has 1 amide bonds. The third-order valence-electron chi connectivity index (χ3n) is 6.09. The maximum Gasteiger partial charge on any atom is 0.225 e. The number of carbonyl (C=O) groups excluding carboxylic acids is 1. The molecule has 4 rings (SSSR count). The molecule has 0 spiro atoms. The lowest BCUT2D eigenvalue weighted by Gasteiger charge is -2.37. The summed E-state index contributed by atoms with van der Waals surface area (Å²) in [5.41, 5.74) is 2.32. The standard InChI is InChI=1S/C24H31N3O2/c1-19-6-5-9-23(25-19)29-22-12-16-27(17-13-22)24(28)21-10-14-26(15-11-21)18-20-7-3-2-4-8-20/h2-9,21-22H,10-18H2,1H3. The number of rotatable bonds is 5. The summed E-state index contributed by atoms with van der Waals surface area (Å²) in [6, 6.07) is 16.4. The molecule has 154 valence electrons. The molecule has 2 saturated heterocycles. The normalized spacial score (nSPS) is 19.3. The zero-order valence-corrected chi connectivity index (χ0v) is 17.3. The first kappa shape index (κ1) is 19.9. The van der Waals surface area contributed by atoms with Crippen LogP contribution in [0.1, 0.15) is 36.9 Å². The number of piperidine rings is 2. The average molecular weight is 394 g/mol. The third-order valence-corrected chi connectivity index (χ3v) is 6.09. The van der Waals surface area contributed by atoms with Crippen LogP contribution in [0.25, 0.3) is 0 Å². The molecule has 2 fully saturated rings. The summed E-state index contributed by atoms with van der Waals surface area (Å²) < 4.78 is 6.02. The monoisotopic (exact) mass is 393 g/mol. The van der Waals surface area contributed by atoms with Crippen molar-refractivity contribution in [3.63, 3.8) is 0 Å². The van der Waals surface area contributed by atoms with E-state index in [2.05, 4.69) is 45.1 Å². The fourth-order valence-electron chi connectivity index (χ4n) is 4.39. The van der Waals surface area contributed by atoms with E-state index >= 15 is 0 Å². The first-order valence-electron chi connectivity index (χ1n) is 10.8. The van der Waals surface area contributed by atoms with Crippen LogP contribution >= 0.6 is 0 Å². The van der Waals surface area contributed by atoms with Crippen molar-refractivity contribution in [3.05, 3.63) is 59.8 Å². The van der Waals surface area contributed by atoms with Crippen molar-refractivity contribution < 1.29 is 9.53 Å². The Hall–Kier alpha value is -2.40. The highest BCUT2D eigenvalue weighted by Crippen LogP contribution is 2.24. The maximum atomic E-state index is 13.0. The van der Waals surface area contributed by atoms with Crippen LogP contribution in [0.4, 0.5) is 0 Å². The zero-order chi connectivity index (χ0) is 20.1. The molecule has 1 aromatic heterocycles. The van der Waals surface area contributed by atoms with Crippen molar-refractivity contribution in [2.75, 3.05) is 26.2 Å². The molecule has 0 radical (unpaired) electrons. The van der Waals surface area contributed by atoms with Crippen LogP contribution in [-0.4, -0.2) is 53.0 Å². The van der Waals surface area contributed by atoms with E-state index in [1.54, 1.807) is 0 Å². The highest BCUT2D eigenvalue weighted by molar-refractivity contribution is 5.79. The van der Waals surface area contributed by atoms with Crippen LogP contribution in [0.3, 0.4) is 0 Å². The molecule has 0 bridgehead atoms. The summed E-state index contributed by atoms with van der Waals surface area (Å²) in [6.45, 7) is 6.55. The number of pyridine rings is 1. The minimum absolute atomic E-state index is 0.154. The molecule has 1 aromatic carbocycles. The van der Waals surface area contributed by atoms with Crippen LogP contribution in [-0.2, 0) is 11.3 Å². The quantitative estimate of drug-likeness (QED) is 0.778. The molecule has 2 aliphatic heterocycles. The molecule has 0 N–H and O–H groups in total. The molecule has 2 aromatic rings. The van der Waals surface area contributed by atoms with Crippen molar-refractivity contribution in [1.82, 2.24) is 14.8 Å². The van der Waals surface area contributed by atoms with Crippen molar-refractivity contribution >= 4 is 5.91 Å². The molecule has 5 heteroatoms. The Morgan fingerprint density at radius 3 is 2.38 bits per heavy atom. The van der Waals surface area contributed by atoms with E-state index in [0.29, 0.717) is 11.8 Å². The minimum Gasteiger partial charge on any atom is -0.474 e. The highest BCUT2D eigenvalue weighted by Gasteiger charge is 2.31. The van der Waals surface area contributed by atoms with Crippen LogP contribution in [0.5, 0.6) is 5.88 Å². The summed E-state index contributed by atoms with van der Waals surface area (Å²) >= 11 is 0. The first-order valence-corrected chi connectivity index (χ1v) is 10.8. The van der Waals surface area contributed by atoms with E-state index in [4.69, 9.17) is 4.74 Å². The van der Waals surface area contributed by atoms with Gasteiger partial charge in [0.25, 0.3) is 0 Å². The van der Waals surface area contributed by atoms with Gasteiger partial charge in [0.2, 0.25) is 11.8 Å². The summed E-state index contributed by atoms with van der Waals surface area (Å²) in [5, 5.41) is 0. The van der Waals surface area contributed by atoms with Gasteiger partial charge in [-0.15, -0.1) is 0 Å². The van der Waals surface area contributed by atoms with Crippen LogP contribution in [0, 0.1) is 12.8 Å². The van der Waals surface area contributed by atoms with Crippen LogP contribution in [0.15, 0.2) is 48.5 Å². The molecule has 0 aliphatic carbocycles. The number of nitrogens with zero attached hydrogens (tertiary/aromatic N) is 3. The number of aryl methyl sites for hydroxylation is 1. The van der Waals surface area contributed by atoms with Gasteiger partial charge in [-0.05, 0) is 44.5 Å². The Morgan fingerprint density at radius 2 is 1.69 bits per heavy atom. The fourth-order valence-corrected chi connectivity index (χ4v) is 4.39. The Balaban J connectivity index is 1.21. The largest absolute Gasteiger partial charge is 0.474 e. The molecule has 0 saturated carbocycles. The number of carbonyl (C=O) groups is 1. The topological polar surface area (TPSA) is 45.7 Å². The van der Waals surface area contributed by atoms with E-state index < -0.39 is 0 Å². The van der Waals surface area contributed by atoms with Gasteiger partial charge < -0.3 is 9.64 Å². The van der Waals surface area contributed by atoms with E-state index in [0.717, 1.165) is 64.1 Å². The number of benzene rings is 1. The van der Waals surface area contributed by atoms with E-state index in [-0.39, 0.29) is 12.0 Å². The summed E-state index contributed by atoms with van der Waals surface area (Å²) in [4.78, 5) is 21.9. The Kier molecular flexibility index (Phi) is 6.45. The molecule has 5 nitrogen and oxygen atoms in total. The van der Waals surface area contributed by atoms with Gasteiger partial charge in [0.15, 0.2) is 0 Å². The lowest BCUT2D eigenvalue weighted by atomic mass is 9.94. The lowest BCUT2D eigenvalue weighted by Crippen LogP contribution is -2.47. The number of aromatic nitrogens is 1. The molecule has 0 atom stereocenters. The van der Waals surface area contributed by atoms with Crippen molar-refractivity contribution in [2.45, 2.75) is 45.3 Å². The average Bonchev–Trinajstić information content (AvgIpc) is 2.75. The molecule has 3 heterocycles. The summed E-state index contributed by atoms with van der Waals surface area (Å²) in [6.07, 6.45) is 3.86. The van der Waals surface area contributed by atoms with Crippen molar-refractivity contribution in [1.29, 1.82) is 0 Å². The van der Waals surface area contributed by atoms with Gasteiger partial charge in [-0.25, -0.2) is 4.98 Å². The smallest absolute Gasteiger partial charge is 0.225 e. The number of hydrogen-bond donors (Lipinski definition) is 0. The van der Waals surface area contributed by atoms with Crippen LogP contribution in [0.2, 0.25) is 0 Å². The Morgan fingerprint density at radius 1 is 0.966 bits per heavy atom. The molecule has 2 aliphatic rings. The SMILES string of the molecule is Cc1cccc(OC2CCN(C(=O)C3CCN(Cc4ccccc4)CC3)CC2)n1. The number of amides is 1. The Bertz CT molecular complexity index is 795. The first-order chi connectivity index (χ1) is 14.2. The third kappa shape index (κ3) is 5.36. The number of hydrogen-bond acceptors (Lipinski definition) is 4. The summed E-state index contributed by atoms with van der Waals surface area (Å²) in [7, 11) is 0. The molecule has 0 unspecified atom stereocenters. The molecular formula is C24H31N3O2. The molecule has 29 heavy (non-hydrogen) atoms. The van der Waals surface area contributed by atoms with Crippen molar-refractivity contribution in [3.8, 4) is 5.88 Å². The van der Waals surface area contributed by atoms with Crippen molar-refractivity contribution in [2.24, 2.45) is 5.92 Å². The molecular weight excluding hydrogens is 362 g/mol. The fraction of sp³-hybridized carbons (Fsp3) is 0.500. The minimum atomic E-state index is 0.154. The second-order valence-electron chi connectivity index (χ2n) is 8.30. The van der Waals surface area contributed by atoms with E-state index in [9.17, 15) is 4.79 Å². The van der Waals surface area contributed by atoms with E-state index in [1.807, 2.05) is 25.1 Å². The highest BCUT2D eigenvalue weighted by atomic mass is 16.5. The van der Waals surface area contributed by atoms with Crippen LogP contribution < -0.4 is 4.74 Å². The van der Waals surface area contributed by atoms with E-state index in [1.165, 1.54) is 5.56 Å². The van der Waals surface area contributed by atoms with Gasteiger partial charge in [0.05, 0.1) is 0 Å². The maximum absolute atomic E-state index is 13.0. The van der Waals surface area contributed by atoms with Gasteiger partial charge in [-0.2, -0.15) is 0 Å². The number of likely N-dealkylation sites (tertiary alicyclic amines) is 2. The second kappa shape index (κ2) is 9.40. The second-order valence-corrected chi connectivity index (χ2v) is 8.30. The van der Waals surface area contributed by atoms with Gasteiger partial charge >= 0.3 is 0 Å². The van der Waals surface area contributed by atoms with Gasteiger partial charge in [-0.3, -0.25) is 9.69 Å². The lowest BCUT2D eigenvalue weighted by molar-refractivity contribution is -0.139. The van der Waals surface area contributed by atoms with Gasteiger partial charge in [-0.1, -0.05) is 36.4 Å². The predicted octanol–water partition coefficient (Wildman–Crippen LogP) is 3.67.